The molecule has 1 aliphatic rings. The lowest BCUT2D eigenvalue weighted by atomic mass is 10.1. The van der Waals surface area contributed by atoms with Gasteiger partial charge in [0, 0.05) is 17.8 Å². The van der Waals surface area contributed by atoms with Gasteiger partial charge in [-0.25, -0.2) is 4.39 Å². The van der Waals surface area contributed by atoms with Gasteiger partial charge in [-0.1, -0.05) is 12.1 Å². The molecule has 0 bridgehead atoms. The predicted octanol–water partition coefficient (Wildman–Crippen LogP) is 2.31. The van der Waals surface area contributed by atoms with Gasteiger partial charge in [-0.3, -0.25) is 0 Å². The number of rotatable bonds is 2. The molecule has 0 saturated heterocycles. The van der Waals surface area contributed by atoms with Gasteiger partial charge in [-0.15, -0.1) is 6.58 Å². The van der Waals surface area contributed by atoms with Crippen LogP contribution in [0.4, 0.5) is 10.1 Å². The third kappa shape index (κ3) is 1.63. The minimum atomic E-state index is -0.209. The van der Waals surface area contributed by atoms with Crippen LogP contribution in [0.5, 0.6) is 0 Å². The number of halogens is 1. The molecule has 1 aromatic rings. The number of nitrogens with zero attached hydrogens (tertiary/aromatic N) is 1. The summed E-state index contributed by atoms with van der Waals surface area (Å²) in [5.74, 6) is -0.209. The standard InChI is InChI=1S/C11H12FNO/c1-2-5-13-8-14-7-9-3-4-10(12)6-11(9)13/h2-4,6H,1,5,7-8H2. The highest BCUT2D eigenvalue weighted by molar-refractivity contribution is 5.54. The SMILES string of the molecule is C=CCN1COCc2ccc(F)cc21. The minimum Gasteiger partial charge on any atom is -0.356 e. The van der Waals surface area contributed by atoms with Gasteiger partial charge in [0.05, 0.1) is 6.61 Å². The van der Waals surface area contributed by atoms with Crippen molar-refractivity contribution in [2.24, 2.45) is 0 Å². The van der Waals surface area contributed by atoms with Gasteiger partial charge in [-0.05, 0) is 12.1 Å². The molecule has 74 valence electrons. The van der Waals surface area contributed by atoms with Crippen LogP contribution in [0.3, 0.4) is 0 Å². The molecule has 0 saturated carbocycles. The Hall–Kier alpha value is -1.35. The molecule has 2 nitrogen and oxygen atoms in total. The van der Waals surface area contributed by atoms with Gasteiger partial charge in [0.2, 0.25) is 0 Å². The third-order valence-corrected chi connectivity index (χ3v) is 2.24. The van der Waals surface area contributed by atoms with E-state index in [1.54, 1.807) is 18.2 Å². The van der Waals surface area contributed by atoms with Crippen molar-refractivity contribution in [1.82, 2.24) is 0 Å². The number of benzene rings is 1. The van der Waals surface area contributed by atoms with Gasteiger partial charge in [0.1, 0.15) is 12.5 Å². The Labute approximate surface area is 82.6 Å². The fourth-order valence-electron chi connectivity index (χ4n) is 1.60. The van der Waals surface area contributed by atoms with E-state index in [4.69, 9.17) is 4.74 Å². The zero-order valence-electron chi connectivity index (χ0n) is 7.87. The maximum absolute atomic E-state index is 13.0. The lowest BCUT2D eigenvalue weighted by molar-refractivity contribution is 0.111. The zero-order valence-corrected chi connectivity index (χ0v) is 7.87. The minimum absolute atomic E-state index is 0.209. The monoisotopic (exact) mass is 193 g/mol. The molecule has 0 aliphatic carbocycles. The molecular formula is C11H12FNO. The van der Waals surface area contributed by atoms with E-state index in [0.29, 0.717) is 19.9 Å². The molecule has 2 rings (SSSR count). The van der Waals surface area contributed by atoms with Crippen molar-refractivity contribution < 1.29 is 9.13 Å². The van der Waals surface area contributed by atoms with Crippen molar-refractivity contribution >= 4 is 5.69 Å². The predicted molar refractivity (Wildman–Crippen MR) is 53.6 cm³/mol. The second-order valence-electron chi connectivity index (χ2n) is 3.26. The fourth-order valence-corrected chi connectivity index (χ4v) is 1.60. The van der Waals surface area contributed by atoms with Crippen molar-refractivity contribution in [2.45, 2.75) is 6.61 Å². The lowest BCUT2D eigenvalue weighted by Gasteiger charge is -2.30. The van der Waals surface area contributed by atoms with Crippen molar-refractivity contribution in [3.8, 4) is 0 Å². The van der Waals surface area contributed by atoms with E-state index in [9.17, 15) is 4.39 Å². The fraction of sp³-hybridized carbons (Fsp3) is 0.273. The molecule has 0 fully saturated rings. The molecule has 0 N–H and O–H groups in total. The molecule has 0 spiro atoms. The number of anilines is 1. The van der Waals surface area contributed by atoms with E-state index in [1.165, 1.54) is 6.07 Å². The maximum atomic E-state index is 13.0. The first-order valence-corrected chi connectivity index (χ1v) is 4.53. The van der Waals surface area contributed by atoms with Crippen LogP contribution in [0.15, 0.2) is 30.9 Å². The molecule has 1 aromatic carbocycles. The maximum Gasteiger partial charge on any atom is 0.125 e. The highest BCUT2D eigenvalue weighted by Crippen LogP contribution is 2.26. The third-order valence-electron chi connectivity index (χ3n) is 2.24. The van der Waals surface area contributed by atoms with E-state index in [1.807, 2.05) is 4.90 Å². The largest absolute Gasteiger partial charge is 0.356 e. The van der Waals surface area contributed by atoms with Crippen LogP contribution in [-0.2, 0) is 11.3 Å². The summed E-state index contributed by atoms with van der Waals surface area (Å²) >= 11 is 0. The molecule has 0 radical (unpaired) electrons. The number of hydrogen-bond donors (Lipinski definition) is 0. The lowest BCUT2D eigenvalue weighted by Crippen LogP contribution is -2.30. The normalized spacial score (nSPS) is 15.1. The Morgan fingerprint density at radius 3 is 3.21 bits per heavy atom. The van der Waals surface area contributed by atoms with Crippen LogP contribution in [0, 0.1) is 5.82 Å². The Balaban J connectivity index is 2.36. The van der Waals surface area contributed by atoms with Crippen LogP contribution in [0.2, 0.25) is 0 Å². The van der Waals surface area contributed by atoms with E-state index >= 15 is 0 Å². The molecular weight excluding hydrogens is 181 g/mol. The Bertz CT molecular complexity index is 351. The number of ether oxygens (including phenoxy) is 1. The molecule has 1 heterocycles. The summed E-state index contributed by atoms with van der Waals surface area (Å²) in [6.07, 6.45) is 1.78. The smallest absolute Gasteiger partial charge is 0.125 e. The van der Waals surface area contributed by atoms with Crippen molar-refractivity contribution in [2.75, 3.05) is 18.2 Å². The van der Waals surface area contributed by atoms with Gasteiger partial charge in [0.25, 0.3) is 0 Å². The molecule has 0 unspecified atom stereocenters. The first kappa shape index (κ1) is 9.21. The summed E-state index contributed by atoms with van der Waals surface area (Å²) in [5.41, 5.74) is 1.94. The Morgan fingerprint density at radius 1 is 1.57 bits per heavy atom. The van der Waals surface area contributed by atoms with Crippen molar-refractivity contribution in [3.05, 3.63) is 42.2 Å². The average Bonchev–Trinajstić information content (AvgIpc) is 2.19. The highest BCUT2D eigenvalue weighted by atomic mass is 19.1. The van der Waals surface area contributed by atoms with E-state index in [0.717, 1.165) is 11.3 Å². The Morgan fingerprint density at radius 2 is 2.43 bits per heavy atom. The zero-order chi connectivity index (χ0) is 9.97. The van der Waals surface area contributed by atoms with Crippen molar-refractivity contribution in [1.29, 1.82) is 0 Å². The van der Waals surface area contributed by atoms with Gasteiger partial charge < -0.3 is 9.64 Å². The van der Waals surface area contributed by atoms with Crippen LogP contribution in [-0.4, -0.2) is 13.3 Å². The van der Waals surface area contributed by atoms with Gasteiger partial charge in [0.15, 0.2) is 0 Å². The summed E-state index contributed by atoms with van der Waals surface area (Å²) in [6.45, 7) is 5.40. The summed E-state index contributed by atoms with van der Waals surface area (Å²) in [5, 5.41) is 0. The van der Waals surface area contributed by atoms with Crippen LogP contribution in [0.25, 0.3) is 0 Å². The topological polar surface area (TPSA) is 12.5 Å². The van der Waals surface area contributed by atoms with Gasteiger partial charge >= 0.3 is 0 Å². The number of fused-ring (bicyclic) bond motifs is 1. The quantitative estimate of drug-likeness (QED) is 0.668. The summed E-state index contributed by atoms with van der Waals surface area (Å²) in [6, 6.07) is 4.76. The molecule has 0 atom stereocenters. The Kier molecular flexibility index (Phi) is 2.50. The first-order chi connectivity index (χ1) is 6.81. The highest BCUT2D eigenvalue weighted by Gasteiger charge is 2.16. The molecule has 14 heavy (non-hydrogen) atoms. The van der Waals surface area contributed by atoms with Crippen LogP contribution >= 0.6 is 0 Å². The van der Waals surface area contributed by atoms with E-state index in [-0.39, 0.29) is 5.82 Å². The van der Waals surface area contributed by atoms with Crippen LogP contribution < -0.4 is 4.90 Å². The number of hydrogen-bond acceptors (Lipinski definition) is 2. The second-order valence-corrected chi connectivity index (χ2v) is 3.26. The summed E-state index contributed by atoms with van der Waals surface area (Å²) in [7, 11) is 0. The average molecular weight is 193 g/mol. The van der Waals surface area contributed by atoms with Gasteiger partial charge in [-0.2, -0.15) is 0 Å². The van der Waals surface area contributed by atoms with E-state index < -0.39 is 0 Å². The molecule has 0 aromatic heterocycles. The second kappa shape index (κ2) is 3.80. The molecule has 3 heteroatoms. The first-order valence-electron chi connectivity index (χ1n) is 4.53. The molecule has 0 amide bonds. The summed E-state index contributed by atoms with van der Waals surface area (Å²) < 4.78 is 18.4. The van der Waals surface area contributed by atoms with Crippen molar-refractivity contribution in [3.63, 3.8) is 0 Å². The summed E-state index contributed by atoms with van der Waals surface area (Å²) in [4.78, 5) is 1.95. The van der Waals surface area contributed by atoms with E-state index in [2.05, 4.69) is 6.58 Å². The van der Waals surface area contributed by atoms with Crippen LogP contribution in [0.1, 0.15) is 5.56 Å². The molecule has 1 aliphatic heterocycles.